The van der Waals surface area contributed by atoms with Crippen LogP contribution in [0.15, 0.2) is 58.3 Å². The third-order valence-electron chi connectivity index (χ3n) is 4.27. The number of sulfonamides is 2. The van der Waals surface area contributed by atoms with E-state index in [2.05, 4.69) is 10.0 Å². The molecule has 0 radical (unpaired) electrons. The molecule has 0 spiro atoms. The summed E-state index contributed by atoms with van der Waals surface area (Å²) >= 11 is 0. The third-order valence-corrected chi connectivity index (χ3v) is 7.76. The summed E-state index contributed by atoms with van der Waals surface area (Å²) in [6.45, 7) is 3.73. The molecule has 0 fully saturated rings. The number of ether oxygens (including phenoxy) is 1. The predicted octanol–water partition coefficient (Wildman–Crippen LogP) is 1.64. The zero-order valence-corrected chi connectivity index (χ0v) is 18.6. The minimum atomic E-state index is -3.87. The summed E-state index contributed by atoms with van der Waals surface area (Å²) in [5.74, 6) is -0.0791. The van der Waals surface area contributed by atoms with E-state index in [1.54, 1.807) is 13.8 Å². The first-order valence-electron chi connectivity index (χ1n) is 9.17. The highest BCUT2D eigenvalue weighted by Gasteiger charge is 2.21. The van der Waals surface area contributed by atoms with Gasteiger partial charge in [0.15, 0.2) is 0 Å². The number of hydrogen-bond donors (Lipinski definition) is 2. The van der Waals surface area contributed by atoms with Crippen molar-refractivity contribution in [1.82, 2.24) is 9.03 Å². The second-order valence-electron chi connectivity index (χ2n) is 6.16. The largest absolute Gasteiger partial charge is 0.497 e. The molecule has 0 aliphatic heterocycles. The molecule has 2 N–H and O–H groups in total. The zero-order valence-electron chi connectivity index (χ0n) is 17.0. The quantitative estimate of drug-likeness (QED) is 0.562. The van der Waals surface area contributed by atoms with Crippen LogP contribution in [0.2, 0.25) is 0 Å². The fourth-order valence-corrected chi connectivity index (χ4v) is 5.07. The summed E-state index contributed by atoms with van der Waals surface area (Å²) in [6.07, 6.45) is 0. The Kier molecular flexibility index (Phi) is 7.96. The SMILES string of the molecule is CCN(CC)S(=O)(=O)c1ccc(NC(=O)CNS(=O)(=O)c2ccc(OC)cc2)cc1. The molecule has 0 bridgehead atoms. The van der Waals surface area contributed by atoms with Crippen LogP contribution in [0.1, 0.15) is 13.8 Å². The van der Waals surface area contributed by atoms with Crippen molar-refractivity contribution >= 4 is 31.6 Å². The number of nitrogens with one attached hydrogen (secondary N) is 2. The summed E-state index contributed by atoms with van der Waals surface area (Å²) in [4.78, 5) is 12.2. The van der Waals surface area contributed by atoms with Crippen LogP contribution in [0, 0.1) is 0 Å². The Morgan fingerprint density at radius 1 is 0.900 bits per heavy atom. The molecule has 0 saturated carbocycles. The lowest BCUT2D eigenvalue weighted by molar-refractivity contribution is -0.115. The van der Waals surface area contributed by atoms with Gasteiger partial charge in [0.05, 0.1) is 23.4 Å². The summed E-state index contributed by atoms with van der Waals surface area (Å²) in [5.41, 5.74) is 0.349. The van der Waals surface area contributed by atoms with Gasteiger partial charge in [-0.3, -0.25) is 4.79 Å². The van der Waals surface area contributed by atoms with Crippen LogP contribution in [0.4, 0.5) is 5.69 Å². The lowest BCUT2D eigenvalue weighted by Gasteiger charge is -2.18. The van der Waals surface area contributed by atoms with Crippen molar-refractivity contribution in [2.75, 3.05) is 32.1 Å². The van der Waals surface area contributed by atoms with Gasteiger partial charge in [-0.15, -0.1) is 0 Å². The summed E-state index contributed by atoms with van der Waals surface area (Å²) in [6, 6.07) is 11.4. The lowest BCUT2D eigenvalue weighted by Crippen LogP contribution is -2.33. The molecule has 30 heavy (non-hydrogen) atoms. The summed E-state index contributed by atoms with van der Waals surface area (Å²) in [5, 5.41) is 2.53. The van der Waals surface area contributed by atoms with Crippen molar-refractivity contribution in [2.45, 2.75) is 23.6 Å². The molecule has 0 atom stereocenters. The first-order chi connectivity index (χ1) is 14.1. The molecule has 0 aliphatic carbocycles. The lowest BCUT2D eigenvalue weighted by atomic mass is 10.3. The van der Waals surface area contributed by atoms with Crippen molar-refractivity contribution in [3.05, 3.63) is 48.5 Å². The minimum Gasteiger partial charge on any atom is -0.497 e. The van der Waals surface area contributed by atoms with Gasteiger partial charge in [-0.1, -0.05) is 13.8 Å². The van der Waals surface area contributed by atoms with Crippen LogP contribution in [0.3, 0.4) is 0 Å². The van der Waals surface area contributed by atoms with E-state index < -0.39 is 32.5 Å². The fraction of sp³-hybridized carbons (Fsp3) is 0.316. The molecule has 0 aliphatic rings. The van der Waals surface area contributed by atoms with Crippen molar-refractivity contribution in [3.63, 3.8) is 0 Å². The maximum absolute atomic E-state index is 12.5. The van der Waals surface area contributed by atoms with E-state index in [0.717, 1.165) is 0 Å². The second kappa shape index (κ2) is 10.0. The van der Waals surface area contributed by atoms with Crippen molar-refractivity contribution in [1.29, 1.82) is 0 Å². The normalized spacial score (nSPS) is 12.0. The van der Waals surface area contributed by atoms with Crippen molar-refractivity contribution < 1.29 is 26.4 Å². The molecule has 0 unspecified atom stereocenters. The average Bonchev–Trinajstić information content (AvgIpc) is 2.73. The first-order valence-corrected chi connectivity index (χ1v) is 12.1. The van der Waals surface area contributed by atoms with E-state index in [4.69, 9.17) is 4.74 Å². The highest BCUT2D eigenvalue weighted by Crippen LogP contribution is 2.18. The van der Waals surface area contributed by atoms with E-state index in [0.29, 0.717) is 24.5 Å². The molecule has 0 saturated heterocycles. The zero-order chi connectivity index (χ0) is 22.4. The molecular formula is C19H25N3O6S2. The van der Waals surface area contributed by atoms with Gasteiger partial charge in [0, 0.05) is 18.8 Å². The van der Waals surface area contributed by atoms with Gasteiger partial charge in [0.1, 0.15) is 5.75 Å². The van der Waals surface area contributed by atoms with Crippen molar-refractivity contribution in [2.24, 2.45) is 0 Å². The summed E-state index contributed by atoms with van der Waals surface area (Å²) < 4.78 is 58.0. The molecule has 0 aromatic heterocycles. The molecule has 1 amide bonds. The molecule has 2 aromatic rings. The maximum Gasteiger partial charge on any atom is 0.243 e. The molecular weight excluding hydrogens is 430 g/mol. The number of nitrogens with zero attached hydrogens (tertiary/aromatic N) is 1. The van der Waals surface area contributed by atoms with E-state index >= 15 is 0 Å². The number of anilines is 1. The molecule has 11 heteroatoms. The van der Waals surface area contributed by atoms with Crippen LogP contribution in [0.25, 0.3) is 0 Å². The van der Waals surface area contributed by atoms with E-state index in [1.165, 1.54) is 59.9 Å². The van der Waals surface area contributed by atoms with Crippen LogP contribution >= 0.6 is 0 Å². The van der Waals surface area contributed by atoms with Crippen LogP contribution in [-0.4, -0.2) is 53.8 Å². The predicted molar refractivity (Wildman–Crippen MR) is 113 cm³/mol. The second-order valence-corrected chi connectivity index (χ2v) is 9.87. The standard InChI is InChI=1S/C19H25N3O6S2/c1-4-22(5-2)30(26,27)18-10-6-15(7-11-18)21-19(23)14-20-29(24,25)17-12-8-16(28-3)9-13-17/h6-13,20H,4-5,14H2,1-3H3,(H,21,23). The Balaban J connectivity index is 1.99. The highest BCUT2D eigenvalue weighted by molar-refractivity contribution is 7.89. The molecule has 0 heterocycles. The van der Waals surface area contributed by atoms with Gasteiger partial charge >= 0.3 is 0 Å². The van der Waals surface area contributed by atoms with Gasteiger partial charge in [-0.05, 0) is 48.5 Å². The van der Waals surface area contributed by atoms with Gasteiger partial charge in [0.2, 0.25) is 26.0 Å². The van der Waals surface area contributed by atoms with Gasteiger partial charge in [-0.25, -0.2) is 21.6 Å². The van der Waals surface area contributed by atoms with Gasteiger partial charge in [-0.2, -0.15) is 4.31 Å². The fourth-order valence-electron chi connectivity index (χ4n) is 2.63. The number of amides is 1. The molecule has 2 rings (SSSR count). The van der Waals surface area contributed by atoms with Crippen LogP contribution in [0.5, 0.6) is 5.75 Å². The Morgan fingerprint density at radius 2 is 1.43 bits per heavy atom. The van der Waals surface area contributed by atoms with Gasteiger partial charge in [0.25, 0.3) is 0 Å². The Morgan fingerprint density at radius 3 is 1.93 bits per heavy atom. The van der Waals surface area contributed by atoms with Gasteiger partial charge < -0.3 is 10.1 Å². The topological polar surface area (TPSA) is 122 Å². The number of carbonyl (C=O) groups excluding carboxylic acids is 1. The van der Waals surface area contributed by atoms with Crippen LogP contribution < -0.4 is 14.8 Å². The van der Waals surface area contributed by atoms with E-state index in [1.807, 2.05) is 0 Å². The van der Waals surface area contributed by atoms with Crippen LogP contribution in [-0.2, 0) is 24.8 Å². The molecule has 164 valence electrons. The Labute approximate surface area is 177 Å². The number of carbonyl (C=O) groups is 1. The highest BCUT2D eigenvalue weighted by atomic mass is 32.2. The average molecular weight is 456 g/mol. The number of rotatable bonds is 10. The molecule has 9 nitrogen and oxygen atoms in total. The van der Waals surface area contributed by atoms with Crippen molar-refractivity contribution in [3.8, 4) is 5.75 Å². The monoisotopic (exact) mass is 455 g/mol. The smallest absolute Gasteiger partial charge is 0.243 e. The third kappa shape index (κ3) is 5.79. The Bertz CT molecular complexity index is 1060. The minimum absolute atomic E-state index is 0.00191. The summed E-state index contributed by atoms with van der Waals surface area (Å²) in [7, 11) is -5.99. The Hall–Kier alpha value is -2.47. The molecule has 2 aromatic carbocycles. The maximum atomic E-state index is 12.5. The number of methoxy groups -OCH3 is 1. The first kappa shape index (κ1) is 23.8. The number of hydrogen-bond acceptors (Lipinski definition) is 6. The van der Waals surface area contributed by atoms with E-state index in [9.17, 15) is 21.6 Å². The van der Waals surface area contributed by atoms with E-state index in [-0.39, 0.29) is 9.79 Å². The number of benzene rings is 2.